The molecule has 1 aromatic rings. The van der Waals surface area contributed by atoms with Gasteiger partial charge in [-0.1, -0.05) is 18.5 Å². The summed E-state index contributed by atoms with van der Waals surface area (Å²) in [7, 11) is -3.53. The monoisotopic (exact) mass is 323 g/mol. The smallest absolute Gasteiger partial charge is 0.242 e. The largest absolute Gasteiger partial charge is 0.369 e. The average molecular weight is 324 g/mol. The van der Waals surface area contributed by atoms with Crippen molar-refractivity contribution in [1.29, 1.82) is 0 Å². The van der Waals surface area contributed by atoms with Gasteiger partial charge >= 0.3 is 0 Å². The van der Waals surface area contributed by atoms with Crippen LogP contribution in [-0.2, 0) is 10.0 Å². The number of pyridine rings is 1. The van der Waals surface area contributed by atoms with Gasteiger partial charge in [-0.3, -0.25) is 0 Å². The van der Waals surface area contributed by atoms with Crippen molar-refractivity contribution in [1.82, 2.24) is 9.71 Å². The number of aromatic nitrogens is 1. The third kappa shape index (κ3) is 5.18. The van der Waals surface area contributed by atoms with Crippen LogP contribution in [-0.4, -0.2) is 38.5 Å². The van der Waals surface area contributed by atoms with Crippen LogP contribution < -0.4 is 10.0 Å². The van der Waals surface area contributed by atoms with Gasteiger partial charge in [0.05, 0.1) is 5.02 Å². The number of nitrogens with one attached hydrogen (secondary N) is 2. The molecule has 8 heteroatoms. The van der Waals surface area contributed by atoms with Crippen LogP contribution in [0.1, 0.15) is 13.3 Å². The van der Waals surface area contributed by atoms with Gasteiger partial charge in [-0.25, -0.2) is 18.1 Å². The van der Waals surface area contributed by atoms with E-state index in [1.807, 2.05) is 13.2 Å². The summed E-state index contributed by atoms with van der Waals surface area (Å²) < 4.78 is 26.4. The zero-order valence-corrected chi connectivity index (χ0v) is 13.3. The van der Waals surface area contributed by atoms with Gasteiger partial charge in [0.1, 0.15) is 10.7 Å². The Bertz CT molecular complexity index is 509. The van der Waals surface area contributed by atoms with Gasteiger partial charge in [0.2, 0.25) is 10.0 Å². The minimum Gasteiger partial charge on any atom is -0.369 e. The number of anilines is 1. The van der Waals surface area contributed by atoms with Gasteiger partial charge in [-0.15, -0.1) is 0 Å². The van der Waals surface area contributed by atoms with E-state index in [-0.39, 0.29) is 4.90 Å². The van der Waals surface area contributed by atoms with Crippen LogP contribution in [0.4, 0.5) is 5.82 Å². The molecule has 0 amide bonds. The van der Waals surface area contributed by atoms with Crippen molar-refractivity contribution in [2.45, 2.75) is 18.2 Å². The quantitative estimate of drug-likeness (QED) is 0.718. The van der Waals surface area contributed by atoms with E-state index in [9.17, 15) is 8.42 Å². The first-order valence-corrected chi connectivity index (χ1v) is 9.14. The van der Waals surface area contributed by atoms with Crippen molar-refractivity contribution in [2.24, 2.45) is 0 Å². The lowest BCUT2D eigenvalue weighted by Gasteiger charge is -2.09. The molecule has 0 aliphatic carbocycles. The molecule has 0 fully saturated rings. The van der Waals surface area contributed by atoms with Gasteiger partial charge in [0.15, 0.2) is 0 Å². The number of hydrogen-bond acceptors (Lipinski definition) is 5. The molecule has 0 aliphatic rings. The second-order valence-corrected chi connectivity index (χ2v) is 6.98. The highest BCUT2D eigenvalue weighted by Crippen LogP contribution is 2.22. The van der Waals surface area contributed by atoms with E-state index >= 15 is 0 Å². The van der Waals surface area contributed by atoms with Crippen molar-refractivity contribution < 1.29 is 8.42 Å². The van der Waals surface area contributed by atoms with Gasteiger partial charge in [0, 0.05) is 25.0 Å². The minimum atomic E-state index is -3.53. The molecule has 2 N–H and O–H groups in total. The zero-order valence-electron chi connectivity index (χ0n) is 10.9. The molecule has 0 aromatic carbocycles. The highest BCUT2D eigenvalue weighted by atomic mass is 35.5. The van der Waals surface area contributed by atoms with Crippen molar-refractivity contribution in [2.75, 3.05) is 30.4 Å². The number of sulfonamides is 1. The van der Waals surface area contributed by atoms with Crippen LogP contribution in [0.5, 0.6) is 0 Å². The van der Waals surface area contributed by atoms with Crippen LogP contribution >= 0.6 is 23.4 Å². The Morgan fingerprint density at radius 2 is 2.16 bits per heavy atom. The SMILES string of the molecule is CCCNc1ncc(S(=O)(=O)NCCSC)cc1Cl. The van der Waals surface area contributed by atoms with Gasteiger partial charge in [-0.05, 0) is 18.7 Å². The number of rotatable bonds is 8. The Hall–Kier alpha value is -0.500. The Balaban J connectivity index is 2.81. The Morgan fingerprint density at radius 1 is 1.42 bits per heavy atom. The Kier molecular flexibility index (Phi) is 6.92. The number of hydrogen-bond donors (Lipinski definition) is 2. The maximum absolute atomic E-state index is 11.9. The summed E-state index contributed by atoms with van der Waals surface area (Å²) in [5.41, 5.74) is 0. The summed E-state index contributed by atoms with van der Waals surface area (Å²) in [4.78, 5) is 4.13. The second-order valence-electron chi connectivity index (χ2n) is 3.82. The molecule has 1 rings (SSSR count). The van der Waals surface area contributed by atoms with Crippen molar-refractivity contribution in [3.63, 3.8) is 0 Å². The number of nitrogens with zero attached hydrogens (tertiary/aromatic N) is 1. The molecular formula is C11H18ClN3O2S2. The highest BCUT2D eigenvalue weighted by Gasteiger charge is 2.15. The second kappa shape index (κ2) is 7.94. The van der Waals surface area contributed by atoms with E-state index < -0.39 is 10.0 Å². The summed E-state index contributed by atoms with van der Waals surface area (Å²) in [6.07, 6.45) is 4.17. The third-order valence-corrected chi connectivity index (χ3v) is 4.60. The van der Waals surface area contributed by atoms with E-state index in [0.29, 0.717) is 17.4 Å². The van der Waals surface area contributed by atoms with Gasteiger partial charge in [-0.2, -0.15) is 11.8 Å². The molecule has 1 aromatic heterocycles. The van der Waals surface area contributed by atoms with Crippen molar-refractivity contribution in [3.8, 4) is 0 Å². The van der Waals surface area contributed by atoms with Crippen molar-refractivity contribution in [3.05, 3.63) is 17.3 Å². The first kappa shape index (κ1) is 16.6. The average Bonchev–Trinajstić information content (AvgIpc) is 2.37. The van der Waals surface area contributed by atoms with Gasteiger partial charge in [0.25, 0.3) is 0 Å². The van der Waals surface area contributed by atoms with E-state index in [1.54, 1.807) is 11.8 Å². The minimum absolute atomic E-state index is 0.0839. The molecule has 0 saturated heterocycles. The first-order valence-electron chi connectivity index (χ1n) is 5.89. The van der Waals surface area contributed by atoms with Crippen molar-refractivity contribution >= 4 is 39.2 Å². The molecular weight excluding hydrogens is 306 g/mol. The third-order valence-electron chi connectivity index (χ3n) is 2.27. The summed E-state index contributed by atoms with van der Waals surface area (Å²) in [6.45, 7) is 3.15. The fourth-order valence-electron chi connectivity index (χ4n) is 1.30. The normalized spacial score (nSPS) is 11.5. The lowest BCUT2D eigenvalue weighted by Crippen LogP contribution is -2.26. The molecule has 0 bridgehead atoms. The maximum atomic E-state index is 11.9. The van der Waals surface area contributed by atoms with E-state index in [0.717, 1.165) is 18.7 Å². The number of thioether (sulfide) groups is 1. The molecule has 0 saturated carbocycles. The lowest BCUT2D eigenvalue weighted by atomic mass is 10.4. The molecule has 19 heavy (non-hydrogen) atoms. The van der Waals surface area contributed by atoms with Crippen LogP contribution in [0.25, 0.3) is 0 Å². The van der Waals surface area contributed by atoms with Gasteiger partial charge < -0.3 is 5.32 Å². The highest BCUT2D eigenvalue weighted by molar-refractivity contribution is 7.98. The van der Waals surface area contributed by atoms with Crippen LogP contribution in [0.3, 0.4) is 0 Å². The molecule has 108 valence electrons. The van der Waals surface area contributed by atoms with E-state index in [2.05, 4.69) is 15.0 Å². The molecule has 0 aliphatic heterocycles. The topological polar surface area (TPSA) is 71.1 Å². The fourth-order valence-corrected chi connectivity index (χ4v) is 3.04. The number of halogens is 1. The molecule has 1 heterocycles. The molecule has 5 nitrogen and oxygen atoms in total. The van der Waals surface area contributed by atoms with Crippen LogP contribution in [0, 0.1) is 0 Å². The van der Waals surface area contributed by atoms with Crippen LogP contribution in [0.15, 0.2) is 17.2 Å². The van der Waals surface area contributed by atoms with Crippen LogP contribution in [0.2, 0.25) is 5.02 Å². The zero-order chi connectivity index (χ0) is 14.3. The van der Waals surface area contributed by atoms with E-state index in [1.165, 1.54) is 12.3 Å². The molecule has 0 radical (unpaired) electrons. The summed E-state index contributed by atoms with van der Waals surface area (Å²) in [5.74, 6) is 1.22. The summed E-state index contributed by atoms with van der Waals surface area (Å²) >= 11 is 7.58. The summed E-state index contributed by atoms with van der Waals surface area (Å²) in [5, 5.41) is 3.34. The lowest BCUT2D eigenvalue weighted by molar-refractivity contribution is 0.584. The predicted octanol–water partition coefficient (Wildman–Crippen LogP) is 2.20. The maximum Gasteiger partial charge on any atom is 0.242 e. The predicted molar refractivity (Wildman–Crippen MR) is 81.6 cm³/mol. The van der Waals surface area contributed by atoms with E-state index in [4.69, 9.17) is 11.6 Å². The first-order chi connectivity index (χ1) is 9.01. The Morgan fingerprint density at radius 3 is 2.74 bits per heavy atom. The Labute approximate surface area is 123 Å². The standard InChI is InChI=1S/C11H18ClN3O2S2/c1-3-4-13-11-10(12)7-9(8-14-11)19(16,17)15-5-6-18-2/h7-8,15H,3-6H2,1-2H3,(H,13,14). The summed E-state index contributed by atoms with van der Waals surface area (Å²) in [6, 6.07) is 1.41. The fraction of sp³-hybridized carbons (Fsp3) is 0.545. The molecule has 0 atom stereocenters. The molecule has 0 spiro atoms. The molecule has 0 unspecified atom stereocenters.